The van der Waals surface area contributed by atoms with Gasteiger partial charge in [0.15, 0.2) is 0 Å². The Bertz CT molecular complexity index is 510. The first-order valence-electron chi connectivity index (χ1n) is 6.03. The molecule has 0 N–H and O–H groups in total. The van der Waals surface area contributed by atoms with Gasteiger partial charge in [-0.15, -0.1) is 0 Å². The Hall–Kier alpha value is -1.63. The summed E-state index contributed by atoms with van der Waals surface area (Å²) < 4.78 is 56.8. The molecule has 3 nitrogen and oxygen atoms in total. The molecule has 1 aromatic rings. The van der Waals surface area contributed by atoms with Gasteiger partial charge in [0, 0.05) is 13.7 Å². The molecule has 0 saturated carbocycles. The Morgan fingerprint density at radius 2 is 2.10 bits per heavy atom. The van der Waals surface area contributed by atoms with Gasteiger partial charge in [-0.25, -0.2) is 4.39 Å². The van der Waals surface area contributed by atoms with Crippen molar-refractivity contribution in [2.24, 2.45) is 0 Å². The van der Waals surface area contributed by atoms with Crippen molar-refractivity contribution in [1.82, 2.24) is 4.90 Å². The molecule has 0 aliphatic carbocycles. The molecule has 2 rings (SSSR count). The Kier molecular flexibility index (Phi) is 3.99. The van der Waals surface area contributed by atoms with Crippen LogP contribution in [-0.2, 0) is 10.9 Å². The zero-order valence-corrected chi connectivity index (χ0v) is 10.7. The summed E-state index contributed by atoms with van der Waals surface area (Å²) in [5.41, 5.74) is -2.01. The molecule has 7 heteroatoms. The Balaban J connectivity index is 2.30. The van der Waals surface area contributed by atoms with E-state index in [9.17, 15) is 22.4 Å². The lowest BCUT2D eigenvalue weighted by Gasteiger charge is -2.23. The number of alkyl halides is 3. The first kappa shape index (κ1) is 14.8. The summed E-state index contributed by atoms with van der Waals surface area (Å²) >= 11 is 0. The largest absolute Gasteiger partial charge is 0.419 e. The third-order valence-corrected chi connectivity index (χ3v) is 3.31. The van der Waals surface area contributed by atoms with Gasteiger partial charge in [-0.1, -0.05) is 6.07 Å². The highest BCUT2D eigenvalue weighted by molar-refractivity contribution is 5.94. The predicted octanol–water partition coefficient (Wildman–Crippen LogP) is 2.71. The molecule has 1 fully saturated rings. The monoisotopic (exact) mass is 291 g/mol. The van der Waals surface area contributed by atoms with Crippen LogP contribution in [0.5, 0.6) is 0 Å². The number of carbonyl (C=O) groups is 1. The van der Waals surface area contributed by atoms with Crippen molar-refractivity contribution in [2.75, 3.05) is 20.3 Å². The number of nitrogens with zero attached hydrogens (tertiary/aromatic N) is 1. The minimum Gasteiger partial charge on any atom is -0.379 e. The second-order valence-electron chi connectivity index (χ2n) is 4.60. The van der Waals surface area contributed by atoms with Crippen LogP contribution in [0.4, 0.5) is 17.6 Å². The van der Waals surface area contributed by atoms with E-state index >= 15 is 0 Å². The van der Waals surface area contributed by atoms with Crippen molar-refractivity contribution in [3.05, 3.63) is 35.1 Å². The van der Waals surface area contributed by atoms with E-state index in [1.165, 1.54) is 11.9 Å². The van der Waals surface area contributed by atoms with Gasteiger partial charge in [-0.2, -0.15) is 13.2 Å². The van der Waals surface area contributed by atoms with E-state index in [1.807, 2.05) is 0 Å². The van der Waals surface area contributed by atoms with E-state index in [1.54, 1.807) is 0 Å². The van der Waals surface area contributed by atoms with Crippen LogP contribution >= 0.6 is 0 Å². The van der Waals surface area contributed by atoms with Gasteiger partial charge in [-0.3, -0.25) is 4.79 Å². The summed E-state index contributed by atoms with van der Waals surface area (Å²) in [4.78, 5) is 13.3. The molecular formula is C13H13F4NO2. The van der Waals surface area contributed by atoms with E-state index in [0.717, 1.165) is 12.1 Å². The van der Waals surface area contributed by atoms with Crippen LogP contribution in [0.15, 0.2) is 18.2 Å². The van der Waals surface area contributed by atoms with Crippen LogP contribution in [0.2, 0.25) is 0 Å². The number of likely N-dealkylation sites (N-methyl/N-ethyl adjacent to an activating group) is 1. The van der Waals surface area contributed by atoms with Crippen molar-refractivity contribution in [2.45, 2.75) is 18.6 Å². The van der Waals surface area contributed by atoms with Gasteiger partial charge in [0.2, 0.25) is 0 Å². The quantitative estimate of drug-likeness (QED) is 0.784. The second kappa shape index (κ2) is 5.40. The van der Waals surface area contributed by atoms with Crippen molar-refractivity contribution < 1.29 is 27.1 Å². The number of halogens is 4. The molecule has 1 heterocycles. The molecular weight excluding hydrogens is 278 g/mol. The fraction of sp³-hybridized carbons (Fsp3) is 0.462. The molecule has 0 spiro atoms. The Labute approximate surface area is 113 Å². The SMILES string of the molecule is CN(C(=O)c1cccc(C(F)(F)F)c1F)C1CCOC1. The van der Waals surface area contributed by atoms with Crippen molar-refractivity contribution in [3.63, 3.8) is 0 Å². The number of hydrogen-bond acceptors (Lipinski definition) is 2. The van der Waals surface area contributed by atoms with E-state index < -0.39 is 29.0 Å². The van der Waals surface area contributed by atoms with Crippen LogP contribution in [-0.4, -0.2) is 37.1 Å². The van der Waals surface area contributed by atoms with Gasteiger partial charge in [-0.05, 0) is 18.6 Å². The highest BCUT2D eigenvalue weighted by Gasteiger charge is 2.36. The van der Waals surface area contributed by atoms with Crippen LogP contribution in [0.1, 0.15) is 22.3 Å². The van der Waals surface area contributed by atoms with E-state index in [4.69, 9.17) is 4.74 Å². The maximum atomic E-state index is 13.9. The third-order valence-electron chi connectivity index (χ3n) is 3.31. The molecule has 110 valence electrons. The van der Waals surface area contributed by atoms with Crippen molar-refractivity contribution in [3.8, 4) is 0 Å². The van der Waals surface area contributed by atoms with Crippen LogP contribution in [0, 0.1) is 5.82 Å². The highest BCUT2D eigenvalue weighted by atomic mass is 19.4. The number of carbonyl (C=O) groups excluding carboxylic acids is 1. The highest BCUT2D eigenvalue weighted by Crippen LogP contribution is 2.32. The smallest absolute Gasteiger partial charge is 0.379 e. The normalized spacial score (nSPS) is 19.1. The molecule has 0 aromatic heterocycles. The summed E-state index contributed by atoms with van der Waals surface area (Å²) in [6, 6.07) is 2.46. The molecule has 0 bridgehead atoms. The lowest BCUT2D eigenvalue weighted by molar-refractivity contribution is -0.140. The van der Waals surface area contributed by atoms with E-state index in [0.29, 0.717) is 25.7 Å². The van der Waals surface area contributed by atoms with E-state index in [-0.39, 0.29) is 6.04 Å². The first-order valence-corrected chi connectivity index (χ1v) is 6.03. The number of amides is 1. The molecule has 1 saturated heterocycles. The van der Waals surface area contributed by atoms with E-state index in [2.05, 4.69) is 0 Å². The predicted molar refractivity (Wildman–Crippen MR) is 62.7 cm³/mol. The summed E-state index contributed by atoms with van der Waals surface area (Å²) in [6.07, 6.45) is -4.24. The summed E-state index contributed by atoms with van der Waals surface area (Å²) in [7, 11) is 1.43. The molecule has 1 aromatic carbocycles. The third kappa shape index (κ3) is 2.77. The van der Waals surface area contributed by atoms with Gasteiger partial charge < -0.3 is 9.64 Å². The molecule has 20 heavy (non-hydrogen) atoms. The molecule has 0 radical (unpaired) electrons. The molecule has 1 atom stereocenters. The van der Waals surface area contributed by atoms with Gasteiger partial charge in [0.05, 0.1) is 23.8 Å². The lowest BCUT2D eigenvalue weighted by Crippen LogP contribution is -2.38. The van der Waals surface area contributed by atoms with Gasteiger partial charge >= 0.3 is 6.18 Å². The van der Waals surface area contributed by atoms with Crippen LogP contribution in [0.3, 0.4) is 0 Å². The Morgan fingerprint density at radius 1 is 1.40 bits per heavy atom. The average molecular weight is 291 g/mol. The van der Waals surface area contributed by atoms with Gasteiger partial charge in [0.25, 0.3) is 5.91 Å². The standard InChI is InChI=1S/C13H13F4NO2/c1-18(8-5-6-20-7-8)12(19)9-3-2-4-10(11(9)14)13(15,16)17/h2-4,8H,5-7H2,1H3. The maximum Gasteiger partial charge on any atom is 0.419 e. The number of rotatable bonds is 2. The molecule has 1 unspecified atom stereocenters. The van der Waals surface area contributed by atoms with Crippen molar-refractivity contribution in [1.29, 1.82) is 0 Å². The number of ether oxygens (including phenoxy) is 1. The van der Waals surface area contributed by atoms with Crippen molar-refractivity contribution >= 4 is 5.91 Å². The lowest BCUT2D eigenvalue weighted by atomic mass is 10.1. The summed E-state index contributed by atoms with van der Waals surface area (Å²) in [6.45, 7) is 0.788. The Morgan fingerprint density at radius 3 is 2.65 bits per heavy atom. The number of hydrogen-bond donors (Lipinski definition) is 0. The second-order valence-corrected chi connectivity index (χ2v) is 4.60. The minimum atomic E-state index is -4.82. The summed E-state index contributed by atoms with van der Waals surface area (Å²) in [5, 5.41) is 0. The topological polar surface area (TPSA) is 29.5 Å². The zero-order valence-electron chi connectivity index (χ0n) is 10.7. The fourth-order valence-corrected chi connectivity index (χ4v) is 2.10. The maximum absolute atomic E-state index is 13.9. The summed E-state index contributed by atoms with van der Waals surface area (Å²) in [5.74, 6) is -2.31. The zero-order chi connectivity index (χ0) is 14.9. The average Bonchev–Trinajstić information content (AvgIpc) is 2.89. The van der Waals surface area contributed by atoms with Crippen LogP contribution < -0.4 is 0 Å². The molecule has 1 aliphatic heterocycles. The minimum absolute atomic E-state index is 0.239. The number of benzene rings is 1. The fourth-order valence-electron chi connectivity index (χ4n) is 2.10. The molecule has 1 aliphatic rings. The van der Waals surface area contributed by atoms with Crippen LogP contribution in [0.25, 0.3) is 0 Å². The van der Waals surface area contributed by atoms with Gasteiger partial charge in [0.1, 0.15) is 5.82 Å². The molecule has 1 amide bonds. The first-order chi connectivity index (χ1) is 9.32.